The molecule has 0 fully saturated rings. The zero-order valence-corrected chi connectivity index (χ0v) is 15.0. The molecule has 0 atom stereocenters. The highest BCUT2D eigenvalue weighted by Gasteiger charge is 1.90. The molecule has 0 aliphatic heterocycles. The second-order valence-electron chi connectivity index (χ2n) is 5.96. The topological polar surface area (TPSA) is 89.4 Å². The van der Waals surface area contributed by atoms with Crippen molar-refractivity contribution in [3.63, 3.8) is 0 Å². The average Bonchev–Trinajstić information content (AvgIpc) is 2.50. The van der Waals surface area contributed by atoms with Gasteiger partial charge in [0, 0.05) is 0 Å². The molecule has 0 radical (unpaired) electrons. The van der Waals surface area contributed by atoms with Gasteiger partial charge in [0.15, 0.2) is 0 Å². The molecule has 0 aliphatic rings. The molecule has 0 bridgehead atoms. The average molecular weight is 331 g/mol. The maximum absolute atomic E-state index is 8.36. The summed E-state index contributed by atoms with van der Waals surface area (Å²) in [6.07, 6.45) is 23.9. The van der Waals surface area contributed by atoms with Gasteiger partial charge in [-0.25, -0.2) is 0 Å². The highest BCUT2D eigenvalue weighted by Crippen LogP contribution is 2.09. The fraction of sp³-hybridized carbons (Fsp3) is 0.889. The second kappa shape index (κ2) is 23.2. The van der Waals surface area contributed by atoms with Crippen LogP contribution in [0.25, 0.3) is 0 Å². The third-order valence-corrected chi connectivity index (χ3v) is 3.72. The van der Waals surface area contributed by atoms with Crippen LogP contribution in [0.15, 0.2) is 12.2 Å². The minimum atomic E-state index is -1.50. The number of allylic oxidation sites excluding steroid dienone is 2. The van der Waals surface area contributed by atoms with Gasteiger partial charge in [0.1, 0.15) is 0 Å². The molecule has 0 saturated carbocycles. The standard InChI is InChI=1S/C18H37N.HNO3/c1-2-3-4-5-6-7-8-9-10-11-12-13-14-15-16-17-18-19;2-1(3)4/h9-10H,2-8,11-19H2,1H3;(H,2,3,4). The summed E-state index contributed by atoms with van der Waals surface area (Å²) < 4.78 is 0. The summed E-state index contributed by atoms with van der Waals surface area (Å²) in [5.74, 6) is 0. The lowest BCUT2D eigenvalue weighted by atomic mass is 10.1. The summed E-state index contributed by atoms with van der Waals surface area (Å²) in [5, 5.41) is 13.6. The molecule has 0 saturated heterocycles. The van der Waals surface area contributed by atoms with Gasteiger partial charge in [-0.05, 0) is 38.6 Å². The highest BCUT2D eigenvalue weighted by molar-refractivity contribution is 4.81. The number of hydrogen-bond donors (Lipinski definition) is 2. The fourth-order valence-corrected chi connectivity index (χ4v) is 2.39. The summed E-state index contributed by atoms with van der Waals surface area (Å²) in [6, 6.07) is 0. The number of hydrogen-bond acceptors (Lipinski definition) is 3. The van der Waals surface area contributed by atoms with E-state index in [0.717, 1.165) is 6.54 Å². The summed E-state index contributed by atoms with van der Waals surface area (Å²) >= 11 is 0. The van der Waals surface area contributed by atoms with Crippen molar-refractivity contribution in [1.29, 1.82) is 0 Å². The molecule has 138 valence electrons. The van der Waals surface area contributed by atoms with Crippen LogP contribution in [0.3, 0.4) is 0 Å². The predicted molar refractivity (Wildman–Crippen MR) is 97.3 cm³/mol. The predicted octanol–water partition coefficient (Wildman–Crippen LogP) is 5.63. The lowest BCUT2D eigenvalue weighted by Crippen LogP contribution is -1.97. The number of nitrogens with two attached hydrogens (primary N) is 1. The third kappa shape index (κ3) is 33.6. The van der Waals surface area contributed by atoms with E-state index in [-0.39, 0.29) is 0 Å². The van der Waals surface area contributed by atoms with Crippen molar-refractivity contribution in [1.82, 2.24) is 0 Å². The van der Waals surface area contributed by atoms with E-state index in [0.29, 0.717) is 0 Å². The molecular formula is C18H38N2O3. The first-order valence-corrected chi connectivity index (χ1v) is 9.33. The molecule has 0 rings (SSSR count). The Kier molecular flexibility index (Phi) is 24.3. The van der Waals surface area contributed by atoms with Crippen LogP contribution in [-0.2, 0) is 0 Å². The van der Waals surface area contributed by atoms with Crippen molar-refractivity contribution in [2.24, 2.45) is 5.73 Å². The van der Waals surface area contributed by atoms with Crippen LogP contribution in [0.4, 0.5) is 0 Å². The van der Waals surface area contributed by atoms with Gasteiger partial charge >= 0.3 is 0 Å². The van der Waals surface area contributed by atoms with E-state index >= 15 is 0 Å². The normalized spacial score (nSPS) is 10.5. The monoisotopic (exact) mass is 330 g/mol. The molecule has 3 N–H and O–H groups in total. The van der Waals surface area contributed by atoms with E-state index in [1.54, 1.807) is 0 Å². The Morgan fingerprint density at radius 1 is 0.826 bits per heavy atom. The molecule has 0 aromatic carbocycles. The first-order chi connectivity index (χ1) is 11.1. The Hall–Kier alpha value is -1.10. The Labute approximate surface area is 142 Å². The molecule has 0 spiro atoms. The molecule has 0 aliphatic carbocycles. The first-order valence-electron chi connectivity index (χ1n) is 9.33. The van der Waals surface area contributed by atoms with Crippen LogP contribution in [0.1, 0.15) is 96.8 Å². The van der Waals surface area contributed by atoms with Crippen LogP contribution in [0.2, 0.25) is 0 Å². The van der Waals surface area contributed by atoms with E-state index in [1.165, 1.54) is 89.9 Å². The van der Waals surface area contributed by atoms with Gasteiger partial charge in [-0.1, -0.05) is 76.9 Å². The van der Waals surface area contributed by atoms with Crippen molar-refractivity contribution >= 4 is 0 Å². The van der Waals surface area contributed by atoms with Crippen molar-refractivity contribution in [2.75, 3.05) is 6.54 Å². The van der Waals surface area contributed by atoms with Gasteiger partial charge in [0.05, 0.1) is 0 Å². The summed E-state index contributed by atoms with van der Waals surface area (Å²) in [6.45, 7) is 3.14. The number of nitrogens with zero attached hydrogens (tertiary/aromatic N) is 1. The van der Waals surface area contributed by atoms with Crippen molar-refractivity contribution in [3.8, 4) is 0 Å². The van der Waals surface area contributed by atoms with Gasteiger partial charge in [0.25, 0.3) is 5.09 Å². The Morgan fingerprint density at radius 2 is 1.17 bits per heavy atom. The molecular weight excluding hydrogens is 292 g/mol. The Balaban J connectivity index is 0. The maximum Gasteiger partial charge on any atom is 0.291 e. The quantitative estimate of drug-likeness (QED) is 0.176. The minimum absolute atomic E-state index is 0.862. The maximum atomic E-state index is 8.36. The lowest BCUT2D eigenvalue weighted by Gasteiger charge is -1.99. The lowest BCUT2D eigenvalue weighted by molar-refractivity contribution is -0.742. The van der Waals surface area contributed by atoms with Gasteiger partial charge < -0.3 is 10.9 Å². The van der Waals surface area contributed by atoms with Crippen molar-refractivity contribution in [2.45, 2.75) is 96.8 Å². The van der Waals surface area contributed by atoms with Gasteiger partial charge in [-0.15, -0.1) is 10.1 Å². The van der Waals surface area contributed by atoms with E-state index in [4.69, 9.17) is 21.1 Å². The van der Waals surface area contributed by atoms with Crippen LogP contribution in [0, 0.1) is 10.1 Å². The fourth-order valence-electron chi connectivity index (χ4n) is 2.39. The van der Waals surface area contributed by atoms with E-state index in [2.05, 4.69) is 19.1 Å². The molecule has 0 aromatic heterocycles. The van der Waals surface area contributed by atoms with Crippen LogP contribution < -0.4 is 5.73 Å². The number of rotatable bonds is 15. The SMILES string of the molecule is CCCCCCCCC=CCCCCCCCCN.O=[N+]([O-])O. The van der Waals surface area contributed by atoms with E-state index < -0.39 is 5.09 Å². The minimum Gasteiger partial charge on any atom is -0.330 e. The molecule has 5 nitrogen and oxygen atoms in total. The van der Waals surface area contributed by atoms with Gasteiger partial charge in [-0.2, -0.15) is 0 Å². The Bertz CT molecular complexity index is 255. The highest BCUT2D eigenvalue weighted by atomic mass is 16.9. The molecule has 0 heterocycles. The first kappa shape index (κ1) is 24.2. The smallest absolute Gasteiger partial charge is 0.291 e. The molecule has 0 aromatic rings. The number of unbranched alkanes of at least 4 members (excludes halogenated alkanes) is 12. The van der Waals surface area contributed by atoms with Crippen molar-refractivity contribution in [3.05, 3.63) is 22.3 Å². The molecule has 0 amide bonds. The second-order valence-corrected chi connectivity index (χ2v) is 5.96. The molecule has 0 unspecified atom stereocenters. The van der Waals surface area contributed by atoms with E-state index in [1.807, 2.05) is 0 Å². The van der Waals surface area contributed by atoms with Gasteiger partial charge in [0.2, 0.25) is 0 Å². The summed E-state index contributed by atoms with van der Waals surface area (Å²) in [7, 11) is 0. The van der Waals surface area contributed by atoms with Crippen LogP contribution in [0.5, 0.6) is 0 Å². The Morgan fingerprint density at radius 3 is 1.57 bits per heavy atom. The molecule has 5 heteroatoms. The summed E-state index contributed by atoms with van der Waals surface area (Å²) in [4.78, 5) is 8.36. The third-order valence-electron chi connectivity index (χ3n) is 3.72. The zero-order valence-electron chi connectivity index (χ0n) is 15.0. The van der Waals surface area contributed by atoms with Gasteiger partial charge in [-0.3, -0.25) is 0 Å². The van der Waals surface area contributed by atoms with Crippen LogP contribution in [-0.4, -0.2) is 16.8 Å². The largest absolute Gasteiger partial charge is 0.330 e. The van der Waals surface area contributed by atoms with Crippen LogP contribution >= 0.6 is 0 Å². The zero-order chi connectivity index (χ0) is 17.6. The van der Waals surface area contributed by atoms with Crippen molar-refractivity contribution < 1.29 is 10.3 Å². The van der Waals surface area contributed by atoms with E-state index in [9.17, 15) is 0 Å². The summed E-state index contributed by atoms with van der Waals surface area (Å²) in [5.41, 5.74) is 5.47. The molecule has 23 heavy (non-hydrogen) atoms.